The predicted octanol–water partition coefficient (Wildman–Crippen LogP) is 0.775. The van der Waals surface area contributed by atoms with Crippen LogP contribution in [-0.4, -0.2) is 42.0 Å². The summed E-state index contributed by atoms with van der Waals surface area (Å²) in [6, 6.07) is 4.82. The number of β-amino-alcohol motifs (C(OH)–C–C–N with tert-alkyl or cyclic N) is 1. The normalized spacial score (nSPS) is 20.8. The number of hydrogen-bond donors (Lipinski definition) is 2. The summed E-state index contributed by atoms with van der Waals surface area (Å²) in [7, 11) is -3.58. The van der Waals surface area contributed by atoms with Crippen LogP contribution in [0.4, 0.5) is 0 Å². The van der Waals surface area contributed by atoms with Gasteiger partial charge in [-0.25, -0.2) is 8.42 Å². The van der Waals surface area contributed by atoms with Crippen LogP contribution in [0.15, 0.2) is 23.1 Å². The lowest BCUT2D eigenvalue weighted by molar-refractivity contribution is 0.108. The molecule has 1 fully saturated rings. The fourth-order valence-electron chi connectivity index (χ4n) is 2.37. The summed E-state index contributed by atoms with van der Waals surface area (Å²) in [4.78, 5) is 0.483. The number of nitrogens with zero attached hydrogens (tertiary/aromatic N) is 1. The number of thiocarbonyl (C=S) groups is 1. The quantitative estimate of drug-likeness (QED) is 0.805. The molecule has 0 bridgehead atoms. The molecule has 0 aromatic heterocycles. The van der Waals surface area contributed by atoms with Gasteiger partial charge < -0.3 is 10.8 Å². The molecule has 20 heavy (non-hydrogen) atoms. The van der Waals surface area contributed by atoms with Gasteiger partial charge in [0.25, 0.3) is 0 Å². The Balaban J connectivity index is 2.36. The lowest BCUT2D eigenvalue weighted by Gasteiger charge is -2.29. The molecule has 0 radical (unpaired) electrons. The second kappa shape index (κ2) is 5.77. The standard InChI is InChI=1S/C13H18N2O3S2/c1-9-7-10(13(14)19)4-5-12(9)20(17,18)15-6-2-3-11(16)8-15/h4-5,7,11,16H,2-3,6,8H2,1H3,(H2,14,19). The van der Waals surface area contributed by atoms with Crippen LogP contribution in [-0.2, 0) is 10.0 Å². The second-order valence-electron chi connectivity index (χ2n) is 5.00. The number of nitrogens with two attached hydrogens (primary N) is 1. The Hall–Kier alpha value is -1.02. The summed E-state index contributed by atoms with van der Waals surface area (Å²) in [5, 5.41) is 9.64. The molecule has 1 aromatic carbocycles. The van der Waals surface area contributed by atoms with E-state index in [0.717, 1.165) is 0 Å². The molecule has 1 aliphatic heterocycles. The van der Waals surface area contributed by atoms with Gasteiger partial charge in [-0.3, -0.25) is 0 Å². The number of hydrogen-bond acceptors (Lipinski definition) is 4. The van der Waals surface area contributed by atoms with E-state index in [1.165, 1.54) is 10.4 Å². The van der Waals surface area contributed by atoms with Gasteiger partial charge >= 0.3 is 0 Å². The Morgan fingerprint density at radius 1 is 1.50 bits per heavy atom. The molecule has 110 valence electrons. The van der Waals surface area contributed by atoms with Gasteiger partial charge in [0.05, 0.1) is 11.0 Å². The summed E-state index contributed by atoms with van der Waals surface area (Å²) in [6.07, 6.45) is 0.727. The third kappa shape index (κ3) is 3.01. The van der Waals surface area contributed by atoms with E-state index >= 15 is 0 Å². The number of aliphatic hydroxyl groups excluding tert-OH is 1. The van der Waals surface area contributed by atoms with Crippen molar-refractivity contribution >= 4 is 27.2 Å². The van der Waals surface area contributed by atoms with Crippen LogP contribution in [0.1, 0.15) is 24.0 Å². The molecule has 5 nitrogen and oxygen atoms in total. The van der Waals surface area contributed by atoms with Gasteiger partial charge in [0.1, 0.15) is 4.99 Å². The lowest BCUT2D eigenvalue weighted by Crippen LogP contribution is -2.42. The fraction of sp³-hybridized carbons (Fsp3) is 0.462. The molecule has 1 atom stereocenters. The Labute approximate surface area is 124 Å². The third-order valence-electron chi connectivity index (χ3n) is 3.44. The average molecular weight is 314 g/mol. The maximum atomic E-state index is 12.6. The van der Waals surface area contributed by atoms with Gasteiger partial charge in [-0.1, -0.05) is 18.3 Å². The molecule has 0 saturated carbocycles. The van der Waals surface area contributed by atoms with Gasteiger partial charge in [0, 0.05) is 18.7 Å². The topological polar surface area (TPSA) is 83.6 Å². The maximum Gasteiger partial charge on any atom is 0.243 e. The van der Waals surface area contributed by atoms with Gasteiger partial charge in [-0.15, -0.1) is 0 Å². The molecule has 2 rings (SSSR count). The third-order valence-corrected chi connectivity index (χ3v) is 5.70. The highest BCUT2D eigenvalue weighted by Gasteiger charge is 2.30. The van der Waals surface area contributed by atoms with Crippen molar-refractivity contribution in [3.63, 3.8) is 0 Å². The van der Waals surface area contributed by atoms with Crippen LogP contribution in [0.2, 0.25) is 0 Å². The minimum absolute atomic E-state index is 0.152. The number of rotatable bonds is 3. The van der Waals surface area contributed by atoms with E-state index in [0.29, 0.717) is 30.5 Å². The van der Waals surface area contributed by atoms with E-state index in [-0.39, 0.29) is 16.4 Å². The zero-order valence-corrected chi connectivity index (χ0v) is 12.9. The number of benzene rings is 1. The van der Waals surface area contributed by atoms with E-state index in [4.69, 9.17) is 18.0 Å². The van der Waals surface area contributed by atoms with Crippen molar-refractivity contribution < 1.29 is 13.5 Å². The molecule has 1 aromatic rings. The largest absolute Gasteiger partial charge is 0.392 e. The molecule has 1 saturated heterocycles. The lowest BCUT2D eigenvalue weighted by atomic mass is 10.1. The Kier molecular flexibility index (Phi) is 4.43. The summed E-state index contributed by atoms with van der Waals surface area (Å²) < 4.78 is 26.5. The van der Waals surface area contributed by atoms with E-state index in [1.54, 1.807) is 19.1 Å². The molecule has 1 unspecified atom stereocenters. The van der Waals surface area contributed by atoms with Crippen molar-refractivity contribution in [1.29, 1.82) is 0 Å². The molecule has 1 aliphatic rings. The first-order valence-electron chi connectivity index (χ1n) is 6.41. The van der Waals surface area contributed by atoms with Crippen molar-refractivity contribution in [2.45, 2.75) is 30.8 Å². The van der Waals surface area contributed by atoms with Gasteiger partial charge in [-0.2, -0.15) is 4.31 Å². The molecule has 0 amide bonds. The molecule has 0 spiro atoms. The van der Waals surface area contributed by atoms with Crippen LogP contribution in [0, 0.1) is 6.92 Å². The fourth-order valence-corrected chi connectivity index (χ4v) is 4.22. The van der Waals surface area contributed by atoms with E-state index in [1.807, 2.05) is 0 Å². The monoisotopic (exact) mass is 314 g/mol. The van der Waals surface area contributed by atoms with Crippen LogP contribution in [0.3, 0.4) is 0 Å². The summed E-state index contributed by atoms with van der Waals surface area (Å²) in [6.45, 7) is 2.31. The number of sulfonamides is 1. The van der Waals surface area contributed by atoms with Gasteiger partial charge in [-0.05, 0) is 37.5 Å². The number of piperidine rings is 1. The highest BCUT2D eigenvalue weighted by molar-refractivity contribution is 7.89. The summed E-state index contributed by atoms with van der Waals surface area (Å²) in [5.41, 5.74) is 6.80. The van der Waals surface area contributed by atoms with Crippen LogP contribution in [0.25, 0.3) is 0 Å². The molecule has 1 heterocycles. The Morgan fingerprint density at radius 2 is 2.20 bits per heavy atom. The zero-order chi connectivity index (χ0) is 14.9. The van der Waals surface area contributed by atoms with Crippen molar-refractivity contribution in [3.8, 4) is 0 Å². The Bertz CT molecular complexity index is 629. The molecule has 0 aliphatic carbocycles. The first kappa shape index (κ1) is 15.4. The van der Waals surface area contributed by atoms with Crippen LogP contribution >= 0.6 is 12.2 Å². The molecule has 7 heteroatoms. The van der Waals surface area contributed by atoms with E-state index < -0.39 is 16.1 Å². The summed E-state index contributed by atoms with van der Waals surface area (Å²) in [5.74, 6) is 0. The van der Waals surface area contributed by atoms with Crippen molar-refractivity contribution in [1.82, 2.24) is 4.31 Å². The van der Waals surface area contributed by atoms with Gasteiger partial charge in [0.2, 0.25) is 10.0 Å². The highest BCUT2D eigenvalue weighted by atomic mass is 32.2. The summed E-state index contributed by atoms with van der Waals surface area (Å²) >= 11 is 4.88. The second-order valence-corrected chi connectivity index (χ2v) is 7.35. The zero-order valence-electron chi connectivity index (χ0n) is 11.2. The first-order chi connectivity index (χ1) is 9.32. The molecular formula is C13H18N2O3S2. The molecule has 3 N–H and O–H groups in total. The SMILES string of the molecule is Cc1cc(C(N)=S)ccc1S(=O)(=O)N1CCCC(O)C1. The first-order valence-corrected chi connectivity index (χ1v) is 8.26. The van der Waals surface area contributed by atoms with Crippen LogP contribution < -0.4 is 5.73 Å². The van der Waals surface area contributed by atoms with E-state index in [9.17, 15) is 13.5 Å². The van der Waals surface area contributed by atoms with Crippen molar-refractivity contribution in [3.05, 3.63) is 29.3 Å². The highest BCUT2D eigenvalue weighted by Crippen LogP contribution is 2.24. The number of aryl methyl sites for hydroxylation is 1. The van der Waals surface area contributed by atoms with Crippen molar-refractivity contribution in [2.24, 2.45) is 5.73 Å². The van der Waals surface area contributed by atoms with Crippen molar-refractivity contribution in [2.75, 3.05) is 13.1 Å². The molecular weight excluding hydrogens is 296 g/mol. The Morgan fingerprint density at radius 3 is 2.75 bits per heavy atom. The minimum atomic E-state index is -3.58. The predicted molar refractivity (Wildman–Crippen MR) is 81.1 cm³/mol. The van der Waals surface area contributed by atoms with E-state index in [2.05, 4.69) is 0 Å². The number of aliphatic hydroxyl groups is 1. The minimum Gasteiger partial charge on any atom is -0.392 e. The average Bonchev–Trinajstić information content (AvgIpc) is 2.38. The maximum absolute atomic E-state index is 12.6. The van der Waals surface area contributed by atoms with Crippen LogP contribution in [0.5, 0.6) is 0 Å². The van der Waals surface area contributed by atoms with Gasteiger partial charge in [0.15, 0.2) is 0 Å². The smallest absolute Gasteiger partial charge is 0.243 e.